The second-order valence-electron chi connectivity index (χ2n) is 3.77. The van der Waals surface area contributed by atoms with E-state index in [-0.39, 0.29) is 0 Å². The van der Waals surface area contributed by atoms with Crippen molar-refractivity contribution < 1.29 is 0 Å². The number of hydrogen-bond donors (Lipinski definition) is 1. The normalized spacial score (nSPS) is 11.0. The molecule has 0 atom stereocenters. The second kappa shape index (κ2) is 5.85. The Morgan fingerprint density at radius 1 is 1.31 bits per heavy atom. The van der Waals surface area contributed by atoms with Gasteiger partial charge in [0.1, 0.15) is 0 Å². The molecule has 3 heteroatoms. The van der Waals surface area contributed by atoms with Crippen LogP contribution in [0.1, 0.15) is 19.4 Å². The molecule has 0 aromatic heterocycles. The van der Waals surface area contributed by atoms with Gasteiger partial charge in [0.15, 0.2) is 0 Å². The van der Waals surface area contributed by atoms with Gasteiger partial charge >= 0.3 is 0 Å². The fraction of sp³-hybridized carbons (Fsp3) is 0.231. The first kappa shape index (κ1) is 12.2. The zero-order valence-corrected chi connectivity index (χ0v) is 9.77. The lowest BCUT2D eigenvalue weighted by Crippen LogP contribution is -1.90. The molecule has 1 aromatic carbocycles. The number of nitrogens with two attached hydrogens (primary N) is 1. The van der Waals surface area contributed by atoms with Crippen LogP contribution >= 0.6 is 0 Å². The van der Waals surface area contributed by atoms with Crippen LogP contribution in [0, 0.1) is 0 Å². The number of benzene rings is 1. The minimum atomic E-state index is 0.723. The second-order valence-corrected chi connectivity index (χ2v) is 3.77. The third kappa shape index (κ3) is 4.09. The lowest BCUT2D eigenvalue weighted by atomic mass is 10.1. The maximum Gasteiger partial charge on any atom is 0.0622 e. The van der Waals surface area contributed by atoms with Crippen LogP contribution in [0.4, 0.5) is 5.69 Å². The summed E-state index contributed by atoms with van der Waals surface area (Å²) in [5.41, 5.74) is 9.38. The van der Waals surface area contributed by atoms with Crippen LogP contribution in [0.2, 0.25) is 0 Å². The van der Waals surface area contributed by atoms with Crippen molar-refractivity contribution in [3.63, 3.8) is 0 Å². The molecule has 0 aliphatic heterocycles. The van der Waals surface area contributed by atoms with Gasteiger partial charge in [0.2, 0.25) is 0 Å². The Morgan fingerprint density at radius 3 is 2.44 bits per heavy atom. The Morgan fingerprint density at radius 2 is 1.94 bits per heavy atom. The fourth-order valence-corrected chi connectivity index (χ4v) is 1.19. The van der Waals surface area contributed by atoms with Crippen LogP contribution in [0.25, 0.3) is 0 Å². The van der Waals surface area contributed by atoms with Gasteiger partial charge in [-0.2, -0.15) is 0 Å². The summed E-state index contributed by atoms with van der Waals surface area (Å²) < 4.78 is 0. The standard InChI is InChI=1S/C13H17N3/c1-10(2)16-9-13(15-3)8-11-4-6-12(14)7-5-11/h4-7,9H,3,8,14H2,1-2H3/b13-9-. The summed E-state index contributed by atoms with van der Waals surface area (Å²) in [4.78, 5) is 8.16. The van der Waals surface area contributed by atoms with E-state index in [0.717, 1.165) is 29.1 Å². The van der Waals surface area contributed by atoms with Crippen LogP contribution in [0.5, 0.6) is 0 Å². The molecule has 3 nitrogen and oxygen atoms in total. The molecule has 0 fully saturated rings. The van der Waals surface area contributed by atoms with E-state index >= 15 is 0 Å². The summed E-state index contributed by atoms with van der Waals surface area (Å²) in [6, 6.07) is 7.72. The molecule has 16 heavy (non-hydrogen) atoms. The Balaban J connectivity index is 2.78. The maximum atomic E-state index is 5.62. The summed E-state index contributed by atoms with van der Waals surface area (Å²) >= 11 is 0. The highest BCUT2D eigenvalue weighted by molar-refractivity contribution is 5.79. The van der Waals surface area contributed by atoms with Gasteiger partial charge in [-0.25, -0.2) is 0 Å². The summed E-state index contributed by atoms with van der Waals surface area (Å²) in [5, 5.41) is 0. The van der Waals surface area contributed by atoms with Crippen molar-refractivity contribution in [1.82, 2.24) is 0 Å². The average Bonchev–Trinajstić information content (AvgIpc) is 2.26. The summed E-state index contributed by atoms with van der Waals surface area (Å²) in [5.74, 6) is 0. The van der Waals surface area contributed by atoms with Crippen molar-refractivity contribution in [3.05, 3.63) is 41.7 Å². The minimum Gasteiger partial charge on any atom is -0.399 e. The zero-order valence-electron chi connectivity index (χ0n) is 9.77. The molecule has 0 aliphatic carbocycles. The van der Waals surface area contributed by atoms with Crippen LogP contribution in [-0.2, 0) is 6.42 Å². The molecule has 0 aliphatic rings. The van der Waals surface area contributed by atoms with Crippen LogP contribution < -0.4 is 5.73 Å². The Bertz CT molecular complexity index is 409. The number of aliphatic imine (C=N–C) groups is 2. The third-order valence-corrected chi connectivity index (χ3v) is 2.04. The first-order valence-electron chi connectivity index (χ1n) is 5.13. The van der Waals surface area contributed by atoms with E-state index in [4.69, 9.17) is 5.73 Å². The predicted molar refractivity (Wildman–Crippen MR) is 71.0 cm³/mol. The minimum absolute atomic E-state index is 0.723. The molecule has 0 spiro atoms. The first-order valence-corrected chi connectivity index (χ1v) is 5.13. The number of hydrogen-bond acceptors (Lipinski definition) is 3. The Labute approximate surface area is 96.4 Å². The predicted octanol–water partition coefficient (Wildman–Crippen LogP) is 2.83. The highest BCUT2D eigenvalue weighted by Crippen LogP contribution is 2.11. The molecule has 0 saturated carbocycles. The number of allylic oxidation sites excluding steroid dienone is 1. The number of nitrogens with zero attached hydrogens (tertiary/aromatic N) is 2. The molecule has 0 saturated heterocycles. The van der Waals surface area contributed by atoms with Crippen molar-refractivity contribution in [2.45, 2.75) is 20.3 Å². The Hall–Kier alpha value is -1.90. The van der Waals surface area contributed by atoms with Gasteiger partial charge in [-0.15, -0.1) is 0 Å². The van der Waals surface area contributed by atoms with E-state index in [0.29, 0.717) is 0 Å². The molecule has 0 heterocycles. The van der Waals surface area contributed by atoms with E-state index in [1.165, 1.54) is 0 Å². The quantitative estimate of drug-likeness (QED) is 0.609. The topological polar surface area (TPSA) is 50.7 Å². The maximum absolute atomic E-state index is 5.62. The molecule has 0 bridgehead atoms. The molecular formula is C13H17N3. The van der Waals surface area contributed by atoms with Crippen molar-refractivity contribution in [2.24, 2.45) is 9.98 Å². The molecule has 0 unspecified atom stereocenters. The van der Waals surface area contributed by atoms with Gasteiger partial charge in [0, 0.05) is 24.0 Å². The van der Waals surface area contributed by atoms with Gasteiger partial charge in [-0.1, -0.05) is 12.1 Å². The number of anilines is 1. The van der Waals surface area contributed by atoms with Gasteiger partial charge in [0.05, 0.1) is 5.70 Å². The van der Waals surface area contributed by atoms with Crippen molar-refractivity contribution in [3.8, 4) is 0 Å². The largest absolute Gasteiger partial charge is 0.399 e. The average molecular weight is 215 g/mol. The van der Waals surface area contributed by atoms with Crippen molar-refractivity contribution >= 4 is 18.1 Å². The number of nitrogen functional groups attached to an aromatic ring is 1. The molecule has 1 aromatic rings. The Kier molecular flexibility index (Phi) is 4.45. The molecule has 2 N–H and O–H groups in total. The fourth-order valence-electron chi connectivity index (χ4n) is 1.19. The molecule has 0 amide bonds. The van der Waals surface area contributed by atoms with Crippen LogP contribution in [-0.4, -0.2) is 12.4 Å². The van der Waals surface area contributed by atoms with Gasteiger partial charge in [-0.3, -0.25) is 9.98 Å². The SMILES string of the molecule is C=N/C(=C\N=C(C)C)Cc1ccc(N)cc1. The van der Waals surface area contributed by atoms with Crippen LogP contribution in [0.3, 0.4) is 0 Å². The molecular weight excluding hydrogens is 198 g/mol. The van der Waals surface area contributed by atoms with Crippen molar-refractivity contribution in [2.75, 3.05) is 5.73 Å². The van der Waals surface area contributed by atoms with E-state index in [1.54, 1.807) is 6.20 Å². The first-order chi connectivity index (χ1) is 7.61. The van der Waals surface area contributed by atoms with E-state index < -0.39 is 0 Å². The van der Waals surface area contributed by atoms with Gasteiger partial charge < -0.3 is 5.73 Å². The summed E-state index contributed by atoms with van der Waals surface area (Å²) in [6.45, 7) is 7.43. The monoisotopic (exact) mass is 215 g/mol. The summed E-state index contributed by atoms with van der Waals surface area (Å²) in [7, 11) is 0. The molecule has 1 rings (SSSR count). The lowest BCUT2D eigenvalue weighted by molar-refractivity contribution is 1.10. The van der Waals surface area contributed by atoms with Gasteiger partial charge in [0.25, 0.3) is 0 Å². The number of rotatable bonds is 4. The third-order valence-electron chi connectivity index (χ3n) is 2.04. The van der Waals surface area contributed by atoms with E-state index in [1.807, 2.05) is 38.1 Å². The zero-order chi connectivity index (χ0) is 12.0. The smallest absolute Gasteiger partial charge is 0.0622 e. The molecule has 84 valence electrons. The van der Waals surface area contributed by atoms with Crippen LogP contribution in [0.15, 0.2) is 46.1 Å². The highest BCUT2D eigenvalue weighted by atomic mass is 14.8. The summed E-state index contributed by atoms with van der Waals surface area (Å²) in [6.07, 6.45) is 2.47. The van der Waals surface area contributed by atoms with E-state index in [2.05, 4.69) is 16.7 Å². The highest BCUT2D eigenvalue weighted by Gasteiger charge is 1.97. The van der Waals surface area contributed by atoms with Gasteiger partial charge in [-0.05, 0) is 38.3 Å². The molecule has 0 radical (unpaired) electrons. The van der Waals surface area contributed by atoms with E-state index in [9.17, 15) is 0 Å². The van der Waals surface area contributed by atoms with Crippen molar-refractivity contribution in [1.29, 1.82) is 0 Å². The lowest BCUT2D eigenvalue weighted by Gasteiger charge is -2.01.